The van der Waals surface area contributed by atoms with Crippen LogP contribution in [0.2, 0.25) is 0 Å². The predicted molar refractivity (Wildman–Crippen MR) is 73.4 cm³/mol. The van der Waals surface area contributed by atoms with Gasteiger partial charge in [0.2, 0.25) is 0 Å². The molecule has 0 unspecified atom stereocenters. The second-order valence-electron chi connectivity index (χ2n) is 6.85. The van der Waals surface area contributed by atoms with Gasteiger partial charge in [-0.2, -0.15) is 0 Å². The van der Waals surface area contributed by atoms with Crippen LogP contribution in [0.4, 0.5) is 0 Å². The van der Waals surface area contributed by atoms with Gasteiger partial charge >= 0.3 is 0 Å². The molecule has 0 amide bonds. The first-order chi connectivity index (χ1) is 8.83. The lowest BCUT2D eigenvalue weighted by atomic mass is 10.2. The SMILES string of the molecule is C1CCC[N+]2(CC1)CCC[N+]1(CCOCC1)CC2. The molecule has 3 saturated heterocycles. The summed E-state index contributed by atoms with van der Waals surface area (Å²) < 4.78 is 8.41. The molecule has 3 aliphatic heterocycles. The molecule has 0 aromatic heterocycles. The fourth-order valence-corrected chi connectivity index (χ4v) is 4.37. The number of quaternary nitrogens is 2. The third-order valence-corrected chi connectivity index (χ3v) is 5.75. The number of hydrogen-bond donors (Lipinski definition) is 0. The van der Waals surface area contributed by atoms with Gasteiger partial charge in [0.25, 0.3) is 0 Å². The molecule has 0 radical (unpaired) electrons. The van der Waals surface area contributed by atoms with Gasteiger partial charge in [0, 0.05) is 6.42 Å². The minimum Gasteiger partial charge on any atom is -0.370 e. The largest absolute Gasteiger partial charge is 0.370 e. The van der Waals surface area contributed by atoms with Crippen molar-refractivity contribution in [2.24, 2.45) is 0 Å². The van der Waals surface area contributed by atoms with Crippen LogP contribution in [0.1, 0.15) is 32.1 Å². The van der Waals surface area contributed by atoms with Crippen LogP contribution in [-0.2, 0) is 4.74 Å². The molecule has 104 valence electrons. The maximum absolute atomic E-state index is 5.57. The van der Waals surface area contributed by atoms with E-state index in [9.17, 15) is 0 Å². The zero-order valence-electron chi connectivity index (χ0n) is 11.9. The Labute approximate surface area is 112 Å². The molecular weight excluding hydrogens is 224 g/mol. The fraction of sp³-hybridized carbons (Fsp3) is 1.00. The van der Waals surface area contributed by atoms with E-state index in [0.29, 0.717) is 0 Å². The van der Waals surface area contributed by atoms with Crippen LogP contribution in [0, 0.1) is 0 Å². The van der Waals surface area contributed by atoms with Crippen molar-refractivity contribution in [3.05, 3.63) is 0 Å². The Kier molecular flexibility index (Phi) is 3.92. The summed E-state index contributed by atoms with van der Waals surface area (Å²) in [5, 5.41) is 0. The van der Waals surface area contributed by atoms with Gasteiger partial charge in [-0.15, -0.1) is 0 Å². The molecule has 18 heavy (non-hydrogen) atoms. The second kappa shape index (κ2) is 5.48. The summed E-state index contributed by atoms with van der Waals surface area (Å²) in [6, 6.07) is 0. The molecule has 3 aliphatic rings. The van der Waals surface area contributed by atoms with E-state index < -0.39 is 0 Å². The smallest absolute Gasteiger partial charge is 0.129 e. The number of ether oxygens (including phenoxy) is 1. The first-order valence-electron chi connectivity index (χ1n) is 8.11. The second-order valence-corrected chi connectivity index (χ2v) is 6.85. The van der Waals surface area contributed by atoms with E-state index in [1.807, 2.05) is 0 Å². The highest BCUT2D eigenvalue weighted by atomic mass is 16.5. The molecule has 2 spiro atoms. The van der Waals surface area contributed by atoms with Crippen LogP contribution in [0.25, 0.3) is 0 Å². The number of hydrogen-bond acceptors (Lipinski definition) is 1. The molecule has 0 bridgehead atoms. The average Bonchev–Trinajstić information content (AvgIpc) is 2.72. The van der Waals surface area contributed by atoms with Crippen LogP contribution in [0.5, 0.6) is 0 Å². The monoisotopic (exact) mass is 254 g/mol. The Bertz CT molecular complexity index is 266. The van der Waals surface area contributed by atoms with Gasteiger partial charge in [0.05, 0.1) is 39.4 Å². The van der Waals surface area contributed by atoms with Crippen molar-refractivity contribution in [3.8, 4) is 0 Å². The summed E-state index contributed by atoms with van der Waals surface area (Å²) in [6.07, 6.45) is 7.36. The van der Waals surface area contributed by atoms with E-state index in [0.717, 1.165) is 13.2 Å². The number of nitrogens with zero attached hydrogens (tertiary/aromatic N) is 2. The van der Waals surface area contributed by atoms with Crippen LogP contribution in [-0.4, -0.2) is 74.5 Å². The van der Waals surface area contributed by atoms with Gasteiger partial charge < -0.3 is 13.7 Å². The summed E-state index contributed by atoms with van der Waals surface area (Å²) in [7, 11) is 0. The van der Waals surface area contributed by atoms with Crippen molar-refractivity contribution in [1.29, 1.82) is 0 Å². The highest BCUT2D eigenvalue weighted by Crippen LogP contribution is 2.24. The van der Waals surface area contributed by atoms with E-state index in [-0.39, 0.29) is 0 Å². The van der Waals surface area contributed by atoms with Crippen molar-refractivity contribution < 1.29 is 13.7 Å². The normalized spacial score (nSPS) is 32.0. The summed E-state index contributed by atoms with van der Waals surface area (Å²) >= 11 is 0. The molecule has 0 N–H and O–H groups in total. The van der Waals surface area contributed by atoms with Crippen molar-refractivity contribution >= 4 is 0 Å². The summed E-state index contributed by atoms with van der Waals surface area (Å²) in [5.74, 6) is 0. The lowest BCUT2D eigenvalue weighted by Crippen LogP contribution is -2.58. The molecule has 0 aliphatic carbocycles. The molecule has 0 atom stereocenters. The Morgan fingerprint density at radius 3 is 1.56 bits per heavy atom. The summed E-state index contributed by atoms with van der Waals surface area (Å²) in [4.78, 5) is 0. The van der Waals surface area contributed by atoms with Crippen molar-refractivity contribution in [2.45, 2.75) is 32.1 Å². The molecule has 0 aromatic carbocycles. The lowest BCUT2D eigenvalue weighted by molar-refractivity contribution is -0.966. The summed E-state index contributed by atoms with van der Waals surface area (Å²) in [5.41, 5.74) is 0. The van der Waals surface area contributed by atoms with E-state index in [4.69, 9.17) is 4.74 Å². The van der Waals surface area contributed by atoms with Crippen LogP contribution >= 0.6 is 0 Å². The Morgan fingerprint density at radius 1 is 0.444 bits per heavy atom. The molecule has 0 aromatic rings. The van der Waals surface area contributed by atoms with E-state index in [1.54, 1.807) is 0 Å². The summed E-state index contributed by atoms with van der Waals surface area (Å²) in [6.45, 7) is 13.2. The minimum atomic E-state index is 1.00. The maximum atomic E-state index is 5.57. The average molecular weight is 254 g/mol. The molecule has 3 heteroatoms. The van der Waals surface area contributed by atoms with Crippen molar-refractivity contribution in [2.75, 3.05) is 65.6 Å². The molecule has 3 nitrogen and oxygen atoms in total. The van der Waals surface area contributed by atoms with Crippen LogP contribution in [0.3, 0.4) is 0 Å². The molecular formula is C15H30N2O+2. The topological polar surface area (TPSA) is 9.23 Å². The highest BCUT2D eigenvalue weighted by molar-refractivity contribution is 4.60. The van der Waals surface area contributed by atoms with Gasteiger partial charge in [-0.25, -0.2) is 0 Å². The minimum absolute atomic E-state index is 1.00. The van der Waals surface area contributed by atoms with Gasteiger partial charge in [-0.3, -0.25) is 0 Å². The molecule has 3 rings (SSSR count). The zero-order chi connectivity index (χ0) is 12.3. The van der Waals surface area contributed by atoms with Crippen molar-refractivity contribution in [3.63, 3.8) is 0 Å². The number of morpholine rings is 1. The Hall–Kier alpha value is -0.120. The van der Waals surface area contributed by atoms with Gasteiger partial charge in [0.1, 0.15) is 26.2 Å². The quantitative estimate of drug-likeness (QED) is 0.597. The Morgan fingerprint density at radius 2 is 0.944 bits per heavy atom. The first-order valence-corrected chi connectivity index (χ1v) is 8.11. The number of rotatable bonds is 0. The predicted octanol–water partition coefficient (Wildman–Crippen LogP) is 1.63. The van der Waals surface area contributed by atoms with Gasteiger partial charge in [-0.1, -0.05) is 0 Å². The third kappa shape index (κ3) is 2.73. The zero-order valence-corrected chi connectivity index (χ0v) is 11.9. The maximum Gasteiger partial charge on any atom is 0.129 e. The molecule has 3 heterocycles. The van der Waals surface area contributed by atoms with Gasteiger partial charge in [-0.05, 0) is 25.7 Å². The Balaban J connectivity index is 1.66. The van der Waals surface area contributed by atoms with E-state index in [1.165, 1.54) is 93.4 Å². The lowest BCUT2D eigenvalue weighted by Gasteiger charge is -2.41. The van der Waals surface area contributed by atoms with Crippen LogP contribution in [0.15, 0.2) is 0 Å². The first kappa shape index (κ1) is 12.9. The van der Waals surface area contributed by atoms with Crippen LogP contribution < -0.4 is 0 Å². The highest BCUT2D eigenvalue weighted by Gasteiger charge is 2.39. The van der Waals surface area contributed by atoms with E-state index in [2.05, 4.69) is 0 Å². The fourth-order valence-electron chi connectivity index (χ4n) is 4.37. The third-order valence-electron chi connectivity index (χ3n) is 5.75. The van der Waals surface area contributed by atoms with E-state index >= 15 is 0 Å². The molecule has 0 saturated carbocycles. The van der Waals surface area contributed by atoms with Gasteiger partial charge in [0.15, 0.2) is 0 Å². The standard InChI is InChI=1S/C15H30N2O/c1-2-4-7-16(6-3-1)8-5-9-17(11-10-16)12-14-18-15-13-17/h1-15H2/q+2. The van der Waals surface area contributed by atoms with Crippen molar-refractivity contribution in [1.82, 2.24) is 0 Å². The molecule has 3 fully saturated rings.